The Labute approximate surface area is 262 Å². The highest BCUT2D eigenvalue weighted by Gasteiger charge is 2.51. The van der Waals surface area contributed by atoms with Gasteiger partial charge in [0.1, 0.15) is 6.29 Å². The second-order valence-electron chi connectivity index (χ2n) is 13.1. The van der Waals surface area contributed by atoms with E-state index < -0.39 is 5.92 Å². The maximum absolute atomic E-state index is 13.1. The van der Waals surface area contributed by atoms with Crippen molar-refractivity contribution in [2.24, 2.45) is 17.6 Å². The highest BCUT2D eigenvalue weighted by Crippen LogP contribution is 2.48. The standard InChI is InChI=1S/C28H48N10O3S2/c29-17-3-1-2-4-19(17)35-28-36-26(22(25(30)40)27-32-14-33-38(27)28)34-15-5-6-18(31-12-15)16-13-42-24-20(39)11-21(43-23(16)24)37-7-9-41-10-8-37/h11,15-19,22-24,26-28,31-36H,1-10,12-14,29H2,(H2,30,40)/p+1/t15?,16?,17-,18?,19+,22?,23?,24?,26?,27?,28?/m1/s1. The number of morpholine rings is 1. The van der Waals surface area contributed by atoms with Crippen LogP contribution in [0.4, 0.5) is 0 Å². The molecule has 13 nitrogen and oxygen atoms in total. The zero-order valence-corrected chi connectivity index (χ0v) is 26.5. The van der Waals surface area contributed by atoms with Crippen molar-refractivity contribution < 1.29 is 20.1 Å². The highest BCUT2D eigenvalue weighted by molar-refractivity contribution is 8.07. The SMILES string of the molecule is NC(=O)C1C(NC2CCC(C3CSC4C(=O)C=C(N5CCOCC5)SC43)NC2)NC(N[C@H]2CCCC[C@H]2[NH3+])N2NCNC12. The molecule has 0 aromatic rings. The van der Waals surface area contributed by atoms with Crippen LogP contribution >= 0.6 is 23.5 Å². The summed E-state index contributed by atoms with van der Waals surface area (Å²) in [5.41, 5.74) is 13.8. The minimum absolute atomic E-state index is 0.0576. The van der Waals surface area contributed by atoms with Gasteiger partial charge < -0.3 is 26.4 Å². The summed E-state index contributed by atoms with van der Waals surface area (Å²) in [6.45, 7) is 4.57. The molecule has 43 heavy (non-hydrogen) atoms. The molecule has 240 valence electrons. The summed E-state index contributed by atoms with van der Waals surface area (Å²) in [4.78, 5) is 28.2. The monoisotopic (exact) mass is 637 g/mol. The van der Waals surface area contributed by atoms with Gasteiger partial charge in [0, 0.05) is 49.5 Å². The van der Waals surface area contributed by atoms with E-state index in [0.717, 1.165) is 69.3 Å². The van der Waals surface area contributed by atoms with Gasteiger partial charge >= 0.3 is 0 Å². The zero-order chi connectivity index (χ0) is 29.5. The number of hydrogen-bond acceptors (Lipinski definition) is 13. The third kappa shape index (κ3) is 6.37. The van der Waals surface area contributed by atoms with Crippen molar-refractivity contribution in [3.05, 3.63) is 11.1 Å². The van der Waals surface area contributed by atoms with Gasteiger partial charge in [0.15, 0.2) is 5.78 Å². The van der Waals surface area contributed by atoms with E-state index >= 15 is 0 Å². The highest BCUT2D eigenvalue weighted by atomic mass is 32.2. The first-order chi connectivity index (χ1) is 21.0. The molecular formula is C28H49N10O3S2+. The van der Waals surface area contributed by atoms with Crippen LogP contribution in [0.25, 0.3) is 0 Å². The van der Waals surface area contributed by atoms with E-state index in [1.165, 1.54) is 12.8 Å². The van der Waals surface area contributed by atoms with Crippen LogP contribution in [0.1, 0.15) is 38.5 Å². The fraction of sp³-hybridized carbons (Fsp3) is 0.857. The van der Waals surface area contributed by atoms with Crippen molar-refractivity contribution in [3.8, 4) is 0 Å². The minimum Gasteiger partial charge on any atom is -0.378 e. The normalized spacial score (nSPS) is 44.1. The van der Waals surface area contributed by atoms with Crippen LogP contribution in [0.2, 0.25) is 0 Å². The van der Waals surface area contributed by atoms with Crippen LogP contribution in [-0.4, -0.2) is 120 Å². The fourth-order valence-corrected chi connectivity index (χ4v) is 11.6. The summed E-state index contributed by atoms with van der Waals surface area (Å²) in [6, 6.07) is 1.29. The smallest absolute Gasteiger partial charge is 0.226 e. The summed E-state index contributed by atoms with van der Waals surface area (Å²) in [7, 11) is 0. The summed E-state index contributed by atoms with van der Waals surface area (Å²) in [5.74, 6) is 0.984. The molecule has 6 fully saturated rings. The lowest BCUT2D eigenvalue weighted by Gasteiger charge is -2.48. The number of hydrogen-bond donors (Lipinski definition) is 8. The van der Waals surface area contributed by atoms with Crippen molar-refractivity contribution in [1.29, 1.82) is 0 Å². The maximum Gasteiger partial charge on any atom is 0.226 e. The van der Waals surface area contributed by atoms with Crippen molar-refractivity contribution in [2.75, 3.05) is 45.3 Å². The molecule has 0 spiro atoms. The Bertz CT molecular complexity index is 1060. The molecule has 1 aliphatic carbocycles. The third-order valence-corrected chi connectivity index (χ3v) is 13.6. The predicted octanol–water partition coefficient (Wildman–Crippen LogP) is -2.56. The van der Waals surface area contributed by atoms with Crippen LogP contribution in [-0.2, 0) is 14.3 Å². The Balaban J connectivity index is 0.977. The number of nitrogens with one attached hydrogen (secondary N) is 6. The summed E-state index contributed by atoms with van der Waals surface area (Å²) in [5, 5.41) is 22.2. The number of carbonyl (C=O) groups excluding carboxylic acids is 2. The molecule has 0 bridgehead atoms. The minimum atomic E-state index is -0.435. The number of hydrazine groups is 1. The number of piperidine rings is 1. The lowest BCUT2D eigenvalue weighted by atomic mass is 9.87. The number of ketones is 1. The number of amides is 1. The molecule has 0 aromatic heterocycles. The molecule has 0 radical (unpaired) electrons. The molecule has 6 heterocycles. The Morgan fingerprint density at radius 2 is 1.95 bits per heavy atom. The van der Waals surface area contributed by atoms with Gasteiger partial charge in [-0.1, -0.05) is 6.42 Å². The first-order valence-corrected chi connectivity index (χ1v) is 18.1. The quantitative estimate of drug-likeness (QED) is 0.147. The number of fused-ring (bicyclic) bond motifs is 2. The van der Waals surface area contributed by atoms with Gasteiger partial charge in [-0.25, -0.2) is 5.43 Å². The van der Waals surface area contributed by atoms with E-state index in [2.05, 4.69) is 47.7 Å². The van der Waals surface area contributed by atoms with Crippen LogP contribution < -0.4 is 43.5 Å². The Hall–Kier alpha value is -0.980. The molecule has 7 aliphatic rings. The fourth-order valence-electron chi connectivity index (χ4n) is 8.09. The first-order valence-electron chi connectivity index (χ1n) is 16.2. The van der Waals surface area contributed by atoms with E-state index in [4.69, 9.17) is 10.5 Å². The predicted molar refractivity (Wildman–Crippen MR) is 167 cm³/mol. The van der Waals surface area contributed by atoms with E-state index in [9.17, 15) is 9.59 Å². The number of allylic oxidation sites excluding steroid dienone is 1. The molecule has 11 N–H and O–H groups in total. The van der Waals surface area contributed by atoms with E-state index in [0.29, 0.717) is 36.0 Å². The van der Waals surface area contributed by atoms with Gasteiger partial charge in [0.2, 0.25) is 5.91 Å². The molecule has 11 atom stereocenters. The summed E-state index contributed by atoms with van der Waals surface area (Å²) < 4.78 is 5.54. The number of thioether (sulfide) groups is 2. The van der Waals surface area contributed by atoms with Crippen LogP contribution in [0, 0.1) is 11.8 Å². The zero-order valence-electron chi connectivity index (χ0n) is 24.8. The largest absolute Gasteiger partial charge is 0.378 e. The molecule has 7 rings (SSSR count). The number of nitrogens with two attached hydrogens (primary N) is 1. The van der Waals surface area contributed by atoms with Gasteiger partial charge in [0.05, 0.1) is 60.5 Å². The van der Waals surface area contributed by atoms with Crippen LogP contribution in [0.3, 0.4) is 0 Å². The van der Waals surface area contributed by atoms with Crippen molar-refractivity contribution >= 4 is 35.2 Å². The number of quaternary nitrogens is 1. The molecule has 5 saturated heterocycles. The van der Waals surface area contributed by atoms with Crippen LogP contribution in [0.15, 0.2) is 11.1 Å². The average Bonchev–Trinajstić information content (AvgIpc) is 3.67. The molecule has 1 amide bonds. The van der Waals surface area contributed by atoms with E-state index in [1.807, 2.05) is 29.6 Å². The second kappa shape index (κ2) is 13.4. The molecular weight excluding hydrogens is 589 g/mol. The van der Waals surface area contributed by atoms with Gasteiger partial charge in [-0.15, -0.1) is 23.5 Å². The lowest BCUT2D eigenvalue weighted by Crippen LogP contribution is -2.79. The third-order valence-electron chi connectivity index (χ3n) is 10.5. The molecule has 0 aromatic carbocycles. The molecule has 6 aliphatic heterocycles. The Morgan fingerprint density at radius 1 is 1.12 bits per heavy atom. The number of carbonyl (C=O) groups is 2. The van der Waals surface area contributed by atoms with Crippen LogP contribution in [0.5, 0.6) is 0 Å². The second-order valence-corrected chi connectivity index (χ2v) is 15.5. The van der Waals surface area contributed by atoms with Gasteiger partial charge in [-0.3, -0.25) is 30.9 Å². The van der Waals surface area contributed by atoms with Crippen molar-refractivity contribution in [1.82, 2.24) is 41.9 Å². The van der Waals surface area contributed by atoms with Gasteiger partial charge in [-0.05, 0) is 37.4 Å². The molecule has 15 heteroatoms. The summed E-state index contributed by atoms with van der Waals surface area (Å²) in [6.07, 6.45) is 8.01. The topological polar surface area (TPSA) is 176 Å². The van der Waals surface area contributed by atoms with E-state index in [1.54, 1.807) is 0 Å². The van der Waals surface area contributed by atoms with Crippen molar-refractivity contribution in [2.45, 2.75) is 91.8 Å². The van der Waals surface area contributed by atoms with E-state index in [-0.39, 0.29) is 41.6 Å². The Kier molecular flexibility index (Phi) is 9.56. The van der Waals surface area contributed by atoms with Gasteiger partial charge in [-0.2, -0.15) is 5.01 Å². The number of rotatable bonds is 7. The van der Waals surface area contributed by atoms with Crippen molar-refractivity contribution in [3.63, 3.8) is 0 Å². The molecule has 9 unspecified atom stereocenters. The number of primary amides is 1. The molecule has 1 saturated carbocycles. The number of ether oxygens (including phenoxy) is 1. The Morgan fingerprint density at radius 3 is 2.72 bits per heavy atom. The van der Waals surface area contributed by atoms with Gasteiger partial charge in [0.25, 0.3) is 0 Å². The number of nitrogens with zero attached hydrogens (tertiary/aromatic N) is 2. The summed E-state index contributed by atoms with van der Waals surface area (Å²) >= 11 is 3.75. The lowest BCUT2D eigenvalue weighted by molar-refractivity contribution is -0.431. The maximum atomic E-state index is 13.1. The average molecular weight is 638 g/mol. The first kappa shape index (κ1) is 30.7.